The second kappa shape index (κ2) is 11.5. The molecule has 1 rings (SSSR count). The summed E-state index contributed by atoms with van der Waals surface area (Å²) in [6.07, 6.45) is 0. The van der Waals surface area contributed by atoms with Gasteiger partial charge >= 0.3 is 0 Å². The molecule has 0 saturated heterocycles. The van der Waals surface area contributed by atoms with Crippen LogP contribution in [0, 0.1) is 0 Å². The third kappa shape index (κ3) is 7.73. The van der Waals surface area contributed by atoms with Crippen LogP contribution in [0.1, 0.15) is 41.5 Å². The van der Waals surface area contributed by atoms with Crippen LogP contribution in [0.2, 0.25) is 0 Å². The van der Waals surface area contributed by atoms with Gasteiger partial charge in [-0.3, -0.25) is 28.8 Å². The summed E-state index contributed by atoms with van der Waals surface area (Å²) in [4.78, 5) is 83.1. The van der Waals surface area contributed by atoms with E-state index in [1.807, 2.05) is 0 Å². The Morgan fingerprint density at radius 1 is 0.467 bits per heavy atom. The van der Waals surface area contributed by atoms with E-state index in [1.165, 1.54) is 41.5 Å². The smallest absolute Gasteiger partial charge is 0.193 e. The zero-order valence-corrected chi connectivity index (χ0v) is 19.7. The van der Waals surface area contributed by atoms with E-state index in [1.54, 1.807) is 0 Å². The highest BCUT2D eigenvalue weighted by Crippen LogP contribution is 2.30. The summed E-state index contributed by atoms with van der Waals surface area (Å²) >= 11 is 2.38. The summed E-state index contributed by atoms with van der Waals surface area (Å²) in [5.41, 5.74) is 0. The van der Waals surface area contributed by atoms with Gasteiger partial charge in [0.05, 0.1) is 0 Å². The van der Waals surface area contributed by atoms with Crippen molar-refractivity contribution in [2.45, 2.75) is 72.8 Å². The largest absolute Gasteiger partial charge is 0.298 e. The molecule has 12 heteroatoms. The first kappa shape index (κ1) is 26.1. The van der Waals surface area contributed by atoms with E-state index in [-0.39, 0.29) is 15.5 Å². The van der Waals surface area contributed by atoms with Crippen LogP contribution >= 0.6 is 35.3 Å². The van der Waals surface area contributed by atoms with Gasteiger partial charge in [0.25, 0.3) is 0 Å². The second-order valence-electron chi connectivity index (χ2n) is 6.34. The number of hydrogen-bond donors (Lipinski definition) is 0. The number of carbonyl (C=O) groups is 6. The van der Waals surface area contributed by atoms with Crippen LogP contribution in [0.4, 0.5) is 0 Å². The summed E-state index contributed by atoms with van der Waals surface area (Å²) in [5, 5.41) is -3.13. The number of ketones is 6. The van der Waals surface area contributed by atoms with Gasteiger partial charge in [0, 0.05) is 0 Å². The molecule has 0 radical (unpaired) electrons. The Hall–Kier alpha value is -1.92. The van der Waals surface area contributed by atoms with Crippen LogP contribution < -0.4 is 0 Å². The number of carbonyl (C=O) groups excluding carboxylic acids is 6. The molecule has 0 aliphatic heterocycles. The minimum Gasteiger partial charge on any atom is -0.298 e. The Morgan fingerprint density at radius 2 is 0.633 bits per heavy atom. The number of rotatable bonds is 12. The average molecular weight is 472 g/mol. The van der Waals surface area contributed by atoms with Crippen molar-refractivity contribution in [3.05, 3.63) is 0 Å². The van der Waals surface area contributed by atoms with E-state index < -0.39 is 50.4 Å². The third-order valence-electron chi connectivity index (χ3n) is 3.46. The Kier molecular flexibility index (Phi) is 9.98. The zero-order chi connectivity index (χ0) is 23.2. The molecule has 0 unspecified atom stereocenters. The Bertz CT molecular complexity index is 737. The van der Waals surface area contributed by atoms with Crippen molar-refractivity contribution in [1.82, 2.24) is 15.0 Å². The first-order valence-electron chi connectivity index (χ1n) is 8.62. The van der Waals surface area contributed by atoms with E-state index in [4.69, 9.17) is 0 Å². The van der Waals surface area contributed by atoms with Crippen LogP contribution in [-0.4, -0.2) is 65.4 Å². The van der Waals surface area contributed by atoms with Crippen molar-refractivity contribution < 1.29 is 28.8 Å². The van der Waals surface area contributed by atoms with Crippen molar-refractivity contribution in [2.24, 2.45) is 0 Å². The number of Topliss-reactive ketones (excluding diaryl/α,β-unsaturated/α-hetero) is 6. The fourth-order valence-corrected chi connectivity index (χ4v) is 4.79. The minimum atomic E-state index is -1.05. The van der Waals surface area contributed by atoms with Crippen LogP contribution in [0.25, 0.3) is 0 Å². The highest BCUT2D eigenvalue weighted by atomic mass is 32.2. The summed E-state index contributed by atoms with van der Waals surface area (Å²) in [6.45, 7) is 7.55. The molecule has 0 atom stereocenters. The average Bonchev–Trinajstić information content (AvgIpc) is 2.60. The van der Waals surface area contributed by atoms with E-state index in [2.05, 4.69) is 15.0 Å². The Labute approximate surface area is 186 Å². The molecular formula is C18H21N3O6S3. The summed E-state index contributed by atoms with van der Waals surface area (Å²) in [5.74, 6) is -2.38. The SMILES string of the molecule is CC(=O)C(Sc1nc(SC(C(C)=O)C(C)=O)nc(SC(C(C)=O)C(C)=O)n1)C(C)=O. The fourth-order valence-electron chi connectivity index (χ4n) is 2.15. The molecule has 30 heavy (non-hydrogen) atoms. The first-order chi connectivity index (χ1) is 13.8. The monoisotopic (exact) mass is 471 g/mol. The van der Waals surface area contributed by atoms with Crippen LogP contribution in [0.15, 0.2) is 15.5 Å². The van der Waals surface area contributed by atoms with E-state index in [9.17, 15) is 28.8 Å². The zero-order valence-electron chi connectivity index (χ0n) is 17.2. The maximum atomic E-state index is 11.8. The third-order valence-corrected chi connectivity index (χ3v) is 7.34. The molecule has 0 bridgehead atoms. The molecule has 0 aliphatic rings. The number of aromatic nitrogens is 3. The van der Waals surface area contributed by atoms with Crippen molar-refractivity contribution in [2.75, 3.05) is 0 Å². The molecule has 162 valence electrons. The van der Waals surface area contributed by atoms with Gasteiger partial charge in [0.1, 0.15) is 15.7 Å². The molecule has 0 aliphatic carbocycles. The van der Waals surface area contributed by atoms with Crippen LogP contribution in [0.5, 0.6) is 0 Å². The van der Waals surface area contributed by atoms with Gasteiger partial charge in [-0.05, 0) is 41.5 Å². The van der Waals surface area contributed by atoms with E-state index in [0.29, 0.717) is 0 Å². The highest BCUT2D eigenvalue weighted by molar-refractivity contribution is 8.02. The quantitative estimate of drug-likeness (QED) is 0.324. The predicted molar refractivity (Wildman–Crippen MR) is 113 cm³/mol. The van der Waals surface area contributed by atoms with Gasteiger partial charge in [-0.15, -0.1) is 0 Å². The highest BCUT2D eigenvalue weighted by Gasteiger charge is 2.28. The standard InChI is InChI=1S/C18H21N3O6S3/c1-7(22)13(8(2)23)28-16-19-17(29-14(9(3)24)10(4)25)21-18(20-16)30-15(11(5)26)12(6)27/h13-15H,1-6H3. The molecule has 1 aromatic heterocycles. The van der Waals surface area contributed by atoms with Crippen LogP contribution in [-0.2, 0) is 28.8 Å². The summed E-state index contributed by atoms with van der Waals surface area (Å²) in [6, 6.07) is 0. The molecule has 9 nitrogen and oxygen atoms in total. The lowest BCUT2D eigenvalue weighted by molar-refractivity contribution is -0.125. The maximum absolute atomic E-state index is 11.8. The molecule has 0 amide bonds. The van der Waals surface area contributed by atoms with Gasteiger partial charge in [-0.25, -0.2) is 0 Å². The van der Waals surface area contributed by atoms with Gasteiger partial charge in [0.15, 0.2) is 50.2 Å². The van der Waals surface area contributed by atoms with Gasteiger partial charge < -0.3 is 0 Å². The van der Waals surface area contributed by atoms with Gasteiger partial charge in [0.2, 0.25) is 0 Å². The van der Waals surface area contributed by atoms with E-state index >= 15 is 0 Å². The maximum Gasteiger partial charge on any atom is 0.193 e. The molecule has 0 spiro atoms. The predicted octanol–water partition coefficient (Wildman–Crippen LogP) is 1.79. The molecule has 0 fully saturated rings. The number of hydrogen-bond acceptors (Lipinski definition) is 12. The first-order valence-corrected chi connectivity index (χ1v) is 11.3. The van der Waals surface area contributed by atoms with Crippen molar-refractivity contribution in [3.8, 4) is 0 Å². The molecular weight excluding hydrogens is 450 g/mol. The van der Waals surface area contributed by atoms with Crippen molar-refractivity contribution in [3.63, 3.8) is 0 Å². The minimum absolute atomic E-state index is 0.00195. The molecule has 0 N–H and O–H groups in total. The molecule has 0 saturated carbocycles. The van der Waals surface area contributed by atoms with Gasteiger partial charge in [-0.2, -0.15) is 15.0 Å². The Morgan fingerprint density at radius 3 is 0.767 bits per heavy atom. The normalized spacial score (nSPS) is 11.1. The number of nitrogens with zero attached hydrogens (tertiary/aromatic N) is 3. The summed E-state index contributed by atoms with van der Waals surface area (Å²) in [7, 11) is 0. The topological polar surface area (TPSA) is 141 Å². The Balaban J connectivity index is 3.42. The lowest BCUT2D eigenvalue weighted by Crippen LogP contribution is -2.24. The molecule has 1 heterocycles. The number of thioether (sulfide) groups is 3. The summed E-state index contributed by atoms with van der Waals surface area (Å²) < 4.78 is 0. The fraction of sp³-hybridized carbons (Fsp3) is 0.500. The lowest BCUT2D eigenvalue weighted by atomic mass is 10.2. The van der Waals surface area contributed by atoms with Crippen LogP contribution in [0.3, 0.4) is 0 Å². The van der Waals surface area contributed by atoms with E-state index in [0.717, 1.165) is 35.3 Å². The van der Waals surface area contributed by atoms with Crippen molar-refractivity contribution >= 4 is 70.0 Å². The van der Waals surface area contributed by atoms with Gasteiger partial charge in [-0.1, -0.05) is 35.3 Å². The molecule has 1 aromatic rings. The lowest BCUT2D eigenvalue weighted by Gasteiger charge is -2.14. The second-order valence-corrected chi connectivity index (χ2v) is 9.56. The molecule has 0 aromatic carbocycles. The van der Waals surface area contributed by atoms with Crippen molar-refractivity contribution in [1.29, 1.82) is 0 Å².